The quantitative estimate of drug-likeness (QED) is 0.422. The predicted octanol–water partition coefficient (Wildman–Crippen LogP) is 5.67. The number of hydroxylamine groups is 2. The Labute approximate surface area is 180 Å². The summed E-state index contributed by atoms with van der Waals surface area (Å²) in [7, 11) is 0. The molecule has 2 rings (SSSR count). The third-order valence-corrected chi connectivity index (χ3v) is 8.39. The maximum absolute atomic E-state index is 11.2. The molecule has 5 nitrogen and oxygen atoms in total. The number of hydrogen-bond donors (Lipinski definition) is 1. The van der Waals surface area contributed by atoms with Gasteiger partial charge >= 0.3 is 0 Å². The molecule has 0 spiro atoms. The summed E-state index contributed by atoms with van der Waals surface area (Å²) in [5.41, 5.74) is -0.847. The van der Waals surface area contributed by atoms with E-state index >= 15 is 0 Å². The van der Waals surface area contributed by atoms with Gasteiger partial charge in [-0.05, 0) is 64.7 Å². The number of rotatable bonds is 10. The smallest absolute Gasteiger partial charge is 0.158 e. The van der Waals surface area contributed by atoms with E-state index in [0.717, 1.165) is 64.4 Å². The molecule has 0 aliphatic carbocycles. The fourth-order valence-electron chi connectivity index (χ4n) is 4.91. The Kier molecular flexibility index (Phi) is 9.24. The molecule has 2 saturated heterocycles. The first-order valence-electron chi connectivity index (χ1n) is 11.3. The molecule has 2 fully saturated rings. The van der Waals surface area contributed by atoms with Crippen LogP contribution in [0.4, 0.5) is 0 Å². The Morgan fingerprint density at radius 1 is 1.07 bits per heavy atom. The summed E-state index contributed by atoms with van der Waals surface area (Å²) in [4.78, 5) is 0. The molecule has 2 atom stereocenters. The molecule has 6 heteroatoms. The van der Waals surface area contributed by atoms with Gasteiger partial charge in [-0.1, -0.05) is 43.6 Å². The van der Waals surface area contributed by atoms with Crippen molar-refractivity contribution in [3.05, 3.63) is 0 Å². The SMILES string of the molecule is CCC1(CC)CC(OCC(C)(CBr)OC2CCCCO2)CC(CC)(CC)N1O. The maximum atomic E-state index is 11.2. The van der Waals surface area contributed by atoms with Crippen LogP contribution >= 0.6 is 15.9 Å². The van der Waals surface area contributed by atoms with Gasteiger partial charge in [0.25, 0.3) is 0 Å². The Hall–Kier alpha value is 0.280. The standard InChI is InChI=1S/C22H42BrNO4/c1-6-21(7-2)14-18(15-22(8-3,9-4)24(21)25)27-17-20(5,16-23)28-19-12-10-11-13-26-19/h18-19,25H,6-17H2,1-5H3. The fourth-order valence-corrected chi connectivity index (χ4v) is 5.20. The number of alkyl halides is 1. The lowest BCUT2D eigenvalue weighted by Gasteiger charge is -2.56. The minimum Gasteiger partial charge on any atom is -0.375 e. The van der Waals surface area contributed by atoms with Crippen LogP contribution in [0.5, 0.6) is 0 Å². The third kappa shape index (κ3) is 5.30. The van der Waals surface area contributed by atoms with E-state index < -0.39 is 5.60 Å². The lowest BCUT2D eigenvalue weighted by atomic mass is 9.72. The monoisotopic (exact) mass is 463 g/mol. The average Bonchev–Trinajstić information content (AvgIpc) is 2.74. The van der Waals surface area contributed by atoms with E-state index in [4.69, 9.17) is 14.2 Å². The lowest BCUT2D eigenvalue weighted by molar-refractivity contribution is -0.290. The highest BCUT2D eigenvalue weighted by Crippen LogP contribution is 2.45. The molecule has 2 aliphatic heterocycles. The lowest BCUT2D eigenvalue weighted by Crippen LogP contribution is -2.65. The second kappa shape index (κ2) is 10.5. The normalized spacial score (nSPS) is 28.2. The summed E-state index contributed by atoms with van der Waals surface area (Å²) < 4.78 is 18.6. The fraction of sp³-hybridized carbons (Fsp3) is 1.00. The zero-order valence-electron chi connectivity index (χ0n) is 18.6. The molecule has 0 bridgehead atoms. The Morgan fingerprint density at radius 3 is 2.07 bits per heavy atom. The molecule has 1 N–H and O–H groups in total. The van der Waals surface area contributed by atoms with Crippen LogP contribution in [0.2, 0.25) is 0 Å². The number of halogens is 1. The molecular formula is C22H42BrNO4. The van der Waals surface area contributed by atoms with Crippen molar-refractivity contribution in [1.82, 2.24) is 5.06 Å². The Balaban J connectivity index is 2.08. The first-order valence-corrected chi connectivity index (χ1v) is 12.4. The van der Waals surface area contributed by atoms with Gasteiger partial charge < -0.3 is 19.4 Å². The van der Waals surface area contributed by atoms with Crippen molar-refractivity contribution in [2.24, 2.45) is 0 Å². The van der Waals surface area contributed by atoms with Gasteiger partial charge in [-0.3, -0.25) is 0 Å². The van der Waals surface area contributed by atoms with Crippen molar-refractivity contribution in [2.45, 2.75) is 121 Å². The van der Waals surface area contributed by atoms with Crippen molar-refractivity contribution in [3.63, 3.8) is 0 Å². The zero-order valence-corrected chi connectivity index (χ0v) is 20.2. The molecule has 0 radical (unpaired) electrons. The van der Waals surface area contributed by atoms with E-state index in [1.165, 1.54) is 0 Å². The molecule has 0 aromatic heterocycles. The number of ether oxygens (including phenoxy) is 3. The van der Waals surface area contributed by atoms with Gasteiger partial charge in [-0.15, -0.1) is 0 Å². The zero-order chi connectivity index (χ0) is 20.8. The van der Waals surface area contributed by atoms with Crippen molar-refractivity contribution >= 4 is 15.9 Å². The molecule has 0 aromatic carbocycles. The van der Waals surface area contributed by atoms with E-state index in [1.54, 1.807) is 5.06 Å². The molecule has 2 aliphatic rings. The van der Waals surface area contributed by atoms with E-state index in [0.29, 0.717) is 11.9 Å². The van der Waals surface area contributed by atoms with Gasteiger partial charge in [0.15, 0.2) is 6.29 Å². The van der Waals surface area contributed by atoms with Crippen molar-refractivity contribution in [2.75, 3.05) is 18.5 Å². The van der Waals surface area contributed by atoms with Crippen molar-refractivity contribution in [3.8, 4) is 0 Å². The molecule has 2 heterocycles. The third-order valence-electron chi connectivity index (χ3n) is 7.21. The number of hydrogen-bond acceptors (Lipinski definition) is 5. The Morgan fingerprint density at radius 2 is 1.64 bits per heavy atom. The average molecular weight is 464 g/mol. The number of nitrogens with zero attached hydrogens (tertiary/aromatic N) is 1. The van der Waals surface area contributed by atoms with Gasteiger partial charge in [-0.25, -0.2) is 0 Å². The molecule has 0 amide bonds. The maximum Gasteiger partial charge on any atom is 0.158 e. The second-order valence-electron chi connectivity index (χ2n) is 9.01. The first-order chi connectivity index (χ1) is 13.3. The van der Waals surface area contributed by atoms with Gasteiger partial charge in [-0.2, -0.15) is 5.06 Å². The molecular weight excluding hydrogens is 422 g/mol. The van der Waals surface area contributed by atoms with Crippen molar-refractivity contribution in [1.29, 1.82) is 0 Å². The summed E-state index contributed by atoms with van der Waals surface area (Å²) in [5, 5.41) is 13.6. The molecule has 166 valence electrons. The van der Waals surface area contributed by atoms with Crippen LogP contribution in [0.3, 0.4) is 0 Å². The predicted molar refractivity (Wildman–Crippen MR) is 116 cm³/mol. The van der Waals surface area contributed by atoms with Gasteiger partial charge in [0.1, 0.15) is 5.60 Å². The molecule has 0 saturated carbocycles. The molecule has 0 aromatic rings. The summed E-state index contributed by atoms with van der Waals surface area (Å²) in [6, 6.07) is 0. The van der Waals surface area contributed by atoms with Crippen LogP contribution in [-0.2, 0) is 14.2 Å². The first kappa shape index (κ1) is 24.5. The van der Waals surface area contributed by atoms with Crippen LogP contribution in [-0.4, -0.2) is 57.9 Å². The van der Waals surface area contributed by atoms with Crippen LogP contribution < -0.4 is 0 Å². The second-order valence-corrected chi connectivity index (χ2v) is 9.57. The van der Waals surface area contributed by atoms with Crippen LogP contribution in [0, 0.1) is 0 Å². The minimum absolute atomic E-state index is 0.123. The minimum atomic E-state index is -0.416. The topological polar surface area (TPSA) is 51.2 Å². The largest absolute Gasteiger partial charge is 0.375 e. The summed E-state index contributed by atoms with van der Waals surface area (Å²) in [6.07, 6.45) is 8.62. The summed E-state index contributed by atoms with van der Waals surface area (Å²) in [6.45, 7) is 12.1. The molecule has 28 heavy (non-hydrogen) atoms. The van der Waals surface area contributed by atoms with E-state index in [2.05, 4.69) is 50.5 Å². The van der Waals surface area contributed by atoms with Gasteiger partial charge in [0.2, 0.25) is 0 Å². The van der Waals surface area contributed by atoms with E-state index in [9.17, 15) is 5.21 Å². The van der Waals surface area contributed by atoms with Crippen LogP contribution in [0.25, 0.3) is 0 Å². The van der Waals surface area contributed by atoms with Gasteiger partial charge in [0.05, 0.1) is 12.7 Å². The van der Waals surface area contributed by atoms with Crippen molar-refractivity contribution < 1.29 is 19.4 Å². The summed E-state index contributed by atoms with van der Waals surface area (Å²) >= 11 is 3.62. The van der Waals surface area contributed by atoms with Crippen LogP contribution in [0.15, 0.2) is 0 Å². The number of piperidine rings is 1. The van der Waals surface area contributed by atoms with E-state index in [1.807, 2.05) is 0 Å². The summed E-state index contributed by atoms with van der Waals surface area (Å²) in [5.74, 6) is 0. The Bertz CT molecular complexity index is 441. The molecule has 2 unspecified atom stereocenters. The van der Waals surface area contributed by atoms with E-state index in [-0.39, 0.29) is 23.5 Å². The highest BCUT2D eigenvalue weighted by Gasteiger charge is 2.52. The highest BCUT2D eigenvalue weighted by molar-refractivity contribution is 9.09. The highest BCUT2D eigenvalue weighted by atomic mass is 79.9. The van der Waals surface area contributed by atoms with Gasteiger partial charge in [0, 0.05) is 23.0 Å². The van der Waals surface area contributed by atoms with Crippen LogP contribution in [0.1, 0.15) is 92.4 Å².